The second kappa shape index (κ2) is 6.89. The fraction of sp³-hybridized carbons (Fsp3) is 0.529. The zero-order valence-corrected chi connectivity index (χ0v) is 13.5. The number of hydrogen-bond donors (Lipinski definition) is 1. The van der Waals surface area contributed by atoms with Crippen molar-refractivity contribution in [2.75, 3.05) is 19.7 Å². The monoisotopic (exact) mass is 337 g/mol. The molecule has 2 heterocycles. The lowest BCUT2D eigenvalue weighted by molar-refractivity contribution is -0.145. The standard InChI is InChI=1S/C17H20ClNO4/c18-14-4-2-1-3-12(14)16(20)19-8-5-11(6-9-19)15-13(17(21)22)7-10-23-15/h1-4,11,13,15H,5-10H2,(H,21,22)/t13?,15-/m0/s1. The molecule has 0 aromatic heterocycles. The number of hydrogen-bond acceptors (Lipinski definition) is 3. The summed E-state index contributed by atoms with van der Waals surface area (Å²) in [6, 6.07) is 7.05. The first-order valence-electron chi connectivity index (χ1n) is 7.96. The van der Waals surface area contributed by atoms with Gasteiger partial charge in [0.25, 0.3) is 5.91 Å². The van der Waals surface area contributed by atoms with Crippen LogP contribution in [0, 0.1) is 11.8 Å². The molecule has 5 nitrogen and oxygen atoms in total. The Morgan fingerprint density at radius 2 is 1.87 bits per heavy atom. The highest BCUT2D eigenvalue weighted by molar-refractivity contribution is 6.33. The van der Waals surface area contributed by atoms with Gasteiger partial charge in [0.05, 0.1) is 22.6 Å². The van der Waals surface area contributed by atoms with Crippen molar-refractivity contribution >= 4 is 23.5 Å². The van der Waals surface area contributed by atoms with Crippen LogP contribution >= 0.6 is 11.6 Å². The number of carboxylic acids is 1. The van der Waals surface area contributed by atoms with E-state index in [0.717, 1.165) is 12.8 Å². The molecule has 2 fully saturated rings. The van der Waals surface area contributed by atoms with Gasteiger partial charge in [-0.1, -0.05) is 23.7 Å². The zero-order valence-electron chi connectivity index (χ0n) is 12.8. The molecule has 124 valence electrons. The summed E-state index contributed by atoms with van der Waals surface area (Å²) in [6.45, 7) is 1.74. The molecular formula is C17H20ClNO4. The number of carbonyl (C=O) groups excluding carboxylic acids is 1. The number of ether oxygens (including phenoxy) is 1. The van der Waals surface area contributed by atoms with Gasteiger partial charge in [0.15, 0.2) is 0 Å². The molecule has 0 spiro atoms. The van der Waals surface area contributed by atoms with E-state index in [2.05, 4.69) is 0 Å². The fourth-order valence-electron chi connectivity index (χ4n) is 3.58. The summed E-state index contributed by atoms with van der Waals surface area (Å²) in [5, 5.41) is 9.74. The molecule has 2 saturated heterocycles. The topological polar surface area (TPSA) is 66.8 Å². The van der Waals surface area contributed by atoms with Gasteiger partial charge in [-0.2, -0.15) is 0 Å². The van der Waals surface area contributed by atoms with Gasteiger partial charge in [0, 0.05) is 19.7 Å². The Morgan fingerprint density at radius 3 is 2.52 bits per heavy atom. The molecule has 2 atom stereocenters. The van der Waals surface area contributed by atoms with Crippen LogP contribution in [0.2, 0.25) is 5.02 Å². The van der Waals surface area contributed by atoms with Crippen molar-refractivity contribution in [1.82, 2.24) is 4.90 Å². The fourth-order valence-corrected chi connectivity index (χ4v) is 3.79. The van der Waals surface area contributed by atoms with E-state index < -0.39 is 11.9 Å². The number of rotatable bonds is 3. The van der Waals surface area contributed by atoms with Gasteiger partial charge in [-0.25, -0.2) is 0 Å². The molecule has 0 saturated carbocycles. The third-order valence-corrected chi connectivity index (χ3v) is 5.18. The van der Waals surface area contributed by atoms with Gasteiger partial charge in [-0.05, 0) is 37.3 Å². The second-order valence-corrected chi connectivity index (χ2v) is 6.59. The van der Waals surface area contributed by atoms with E-state index in [4.69, 9.17) is 16.3 Å². The molecule has 1 aromatic carbocycles. The van der Waals surface area contributed by atoms with Crippen molar-refractivity contribution < 1.29 is 19.4 Å². The number of amides is 1. The van der Waals surface area contributed by atoms with E-state index in [1.54, 1.807) is 29.2 Å². The number of aliphatic carboxylic acids is 1. The number of nitrogens with zero attached hydrogens (tertiary/aromatic N) is 1. The summed E-state index contributed by atoms with van der Waals surface area (Å²) in [7, 11) is 0. The molecule has 0 radical (unpaired) electrons. The molecule has 23 heavy (non-hydrogen) atoms. The van der Waals surface area contributed by atoms with E-state index in [-0.39, 0.29) is 17.9 Å². The molecule has 2 aliphatic rings. The van der Waals surface area contributed by atoms with Crippen LogP contribution in [0.25, 0.3) is 0 Å². The van der Waals surface area contributed by atoms with E-state index >= 15 is 0 Å². The summed E-state index contributed by atoms with van der Waals surface area (Å²) >= 11 is 6.09. The first-order chi connectivity index (χ1) is 11.1. The Balaban J connectivity index is 1.61. The van der Waals surface area contributed by atoms with Gasteiger partial charge in [0.2, 0.25) is 0 Å². The minimum absolute atomic E-state index is 0.0591. The Morgan fingerprint density at radius 1 is 1.17 bits per heavy atom. The van der Waals surface area contributed by atoms with Crippen molar-refractivity contribution in [3.8, 4) is 0 Å². The summed E-state index contributed by atoms with van der Waals surface area (Å²) in [4.78, 5) is 25.6. The largest absolute Gasteiger partial charge is 0.481 e. The van der Waals surface area contributed by atoms with Crippen LogP contribution in [0.1, 0.15) is 29.6 Å². The first-order valence-corrected chi connectivity index (χ1v) is 8.34. The third-order valence-electron chi connectivity index (χ3n) is 4.85. The molecule has 1 N–H and O–H groups in total. The molecule has 0 aliphatic carbocycles. The average molecular weight is 338 g/mol. The lowest BCUT2D eigenvalue weighted by Crippen LogP contribution is -2.43. The number of likely N-dealkylation sites (tertiary alicyclic amines) is 1. The molecule has 3 rings (SSSR count). The summed E-state index contributed by atoms with van der Waals surface area (Å²) in [5.74, 6) is -1.04. The molecule has 0 bridgehead atoms. The van der Waals surface area contributed by atoms with Gasteiger partial charge >= 0.3 is 5.97 Å². The van der Waals surface area contributed by atoms with Crippen LogP contribution in [-0.2, 0) is 9.53 Å². The second-order valence-electron chi connectivity index (χ2n) is 6.18. The number of carbonyl (C=O) groups is 2. The van der Waals surface area contributed by atoms with Crippen LogP contribution in [0.3, 0.4) is 0 Å². The van der Waals surface area contributed by atoms with Crippen molar-refractivity contribution in [2.45, 2.75) is 25.4 Å². The predicted octanol–water partition coefficient (Wildman–Crippen LogP) is 2.68. The summed E-state index contributed by atoms with van der Waals surface area (Å²) in [6.07, 6.45) is 1.90. The quantitative estimate of drug-likeness (QED) is 0.920. The van der Waals surface area contributed by atoms with E-state index in [1.165, 1.54) is 0 Å². The molecule has 1 aromatic rings. The van der Waals surface area contributed by atoms with Gasteiger partial charge in [-0.15, -0.1) is 0 Å². The molecular weight excluding hydrogens is 318 g/mol. The van der Waals surface area contributed by atoms with Gasteiger partial charge < -0.3 is 14.7 Å². The maximum Gasteiger partial charge on any atom is 0.309 e. The summed E-state index contributed by atoms with van der Waals surface area (Å²) < 4.78 is 5.66. The Hall–Kier alpha value is -1.59. The number of halogens is 1. The molecule has 1 unspecified atom stereocenters. The lowest BCUT2D eigenvalue weighted by atomic mass is 9.84. The normalized spacial score (nSPS) is 25.5. The third kappa shape index (κ3) is 3.35. The average Bonchev–Trinajstić information content (AvgIpc) is 3.05. The molecule has 2 aliphatic heterocycles. The highest BCUT2D eigenvalue weighted by atomic mass is 35.5. The lowest BCUT2D eigenvalue weighted by Gasteiger charge is -2.35. The Kier molecular flexibility index (Phi) is 4.87. The number of benzene rings is 1. The van der Waals surface area contributed by atoms with Crippen LogP contribution in [-0.4, -0.2) is 47.7 Å². The minimum atomic E-state index is -0.776. The molecule has 1 amide bonds. The van der Waals surface area contributed by atoms with Crippen molar-refractivity contribution in [1.29, 1.82) is 0 Å². The SMILES string of the molecule is O=C(O)C1CCO[C@H]1C1CCN(C(=O)c2ccccc2Cl)CC1. The maximum atomic E-state index is 12.5. The van der Waals surface area contributed by atoms with E-state index in [0.29, 0.717) is 36.7 Å². The number of piperidine rings is 1. The number of carboxylic acid groups (broad SMARTS) is 1. The van der Waals surface area contributed by atoms with Crippen LogP contribution < -0.4 is 0 Å². The minimum Gasteiger partial charge on any atom is -0.481 e. The predicted molar refractivity (Wildman–Crippen MR) is 85.6 cm³/mol. The highest BCUT2D eigenvalue weighted by Crippen LogP contribution is 2.33. The van der Waals surface area contributed by atoms with E-state index in [9.17, 15) is 14.7 Å². The van der Waals surface area contributed by atoms with Crippen LogP contribution in [0.15, 0.2) is 24.3 Å². The smallest absolute Gasteiger partial charge is 0.309 e. The van der Waals surface area contributed by atoms with Crippen molar-refractivity contribution in [3.05, 3.63) is 34.9 Å². The summed E-state index contributed by atoms with van der Waals surface area (Å²) in [5.41, 5.74) is 0.521. The maximum absolute atomic E-state index is 12.5. The van der Waals surface area contributed by atoms with E-state index in [1.807, 2.05) is 0 Å². The zero-order chi connectivity index (χ0) is 16.4. The van der Waals surface area contributed by atoms with Crippen molar-refractivity contribution in [3.63, 3.8) is 0 Å². The van der Waals surface area contributed by atoms with Crippen molar-refractivity contribution in [2.24, 2.45) is 11.8 Å². The highest BCUT2D eigenvalue weighted by Gasteiger charge is 2.40. The first kappa shape index (κ1) is 16.3. The van der Waals surface area contributed by atoms with Crippen LogP contribution in [0.4, 0.5) is 0 Å². The van der Waals surface area contributed by atoms with Gasteiger partial charge in [-0.3, -0.25) is 9.59 Å². The molecule has 6 heteroatoms. The Labute approximate surface area is 140 Å². The van der Waals surface area contributed by atoms with Gasteiger partial charge in [0.1, 0.15) is 0 Å². The van der Waals surface area contributed by atoms with Crippen LogP contribution in [0.5, 0.6) is 0 Å². The Bertz CT molecular complexity index is 598.